The van der Waals surface area contributed by atoms with Gasteiger partial charge in [0.1, 0.15) is 12.3 Å². The molecule has 2 aromatic rings. The molecule has 7 nitrogen and oxygen atoms in total. The molecule has 1 amide bonds. The zero-order valence-electron chi connectivity index (χ0n) is 12.1. The largest absolute Gasteiger partial charge is 0.497 e. The molecule has 0 aliphatic rings. The van der Waals surface area contributed by atoms with E-state index >= 15 is 0 Å². The molecule has 1 aromatic carbocycles. The standard InChI is InChI=1S/C14H19N5O2/c1-10(11-4-3-5-13(6-11)21-2)16-14(20)9-19-8-12(7-15)17-18-19/h3-6,8,10H,7,9,15H2,1-2H3,(H,16,20)/t10-/m0/s1. The lowest BCUT2D eigenvalue weighted by atomic mass is 10.1. The molecule has 1 heterocycles. The lowest BCUT2D eigenvalue weighted by Crippen LogP contribution is -2.30. The summed E-state index contributed by atoms with van der Waals surface area (Å²) in [5.74, 6) is 0.622. The van der Waals surface area contributed by atoms with Crippen molar-refractivity contribution in [1.82, 2.24) is 20.3 Å². The van der Waals surface area contributed by atoms with Gasteiger partial charge in [0, 0.05) is 6.54 Å². The number of benzene rings is 1. The second-order valence-electron chi connectivity index (χ2n) is 4.68. The Morgan fingerprint density at radius 2 is 2.33 bits per heavy atom. The second kappa shape index (κ2) is 6.85. The Morgan fingerprint density at radius 1 is 1.52 bits per heavy atom. The molecule has 0 bridgehead atoms. The van der Waals surface area contributed by atoms with Gasteiger partial charge in [0.05, 0.1) is 25.0 Å². The highest BCUT2D eigenvalue weighted by Gasteiger charge is 2.11. The van der Waals surface area contributed by atoms with E-state index in [1.54, 1.807) is 13.3 Å². The van der Waals surface area contributed by atoms with Crippen LogP contribution >= 0.6 is 0 Å². The smallest absolute Gasteiger partial charge is 0.242 e. The minimum Gasteiger partial charge on any atom is -0.497 e. The number of ether oxygens (including phenoxy) is 1. The molecule has 112 valence electrons. The van der Waals surface area contributed by atoms with Crippen LogP contribution in [0.3, 0.4) is 0 Å². The van der Waals surface area contributed by atoms with Gasteiger partial charge >= 0.3 is 0 Å². The van der Waals surface area contributed by atoms with Crippen molar-refractivity contribution in [2.24, 2.45) is 5.73 Å². The molecule has 0 aliphatic carbocycles. The third kappa shape index (κ3) is 4.03. The van der Waals surface area contributed by atoms with Gasteiger partial charge in [-0.1, -0.05) is 17.3 Å². The number of amides is 1. The SMILES string of the molecule is COc1cccc([C@H](C)NC(=O)Cn2cc(CN)nn2)c1. The van der Waals surface area contributed by atoms with Crippen LogP contribution in [0.4, 0.5) is 0 Å². The lowest BCUT2D eigenvalue weighted by Gasteiger charge is -2.15. The van der Waals surface area contributed by atoms with Gasteiger partial charge in [0.15, 0.2) is 0 Å². The molecule has 1 atom stereocenters. The highest BCUT2D eigenvalue weighted by atomic mass is 16.5. The Balaban J connectivity index is 1.94. The Hall–Kier alpha value is -2.41. The first-order valence-electron chi connectivity index (χ1n) is 6.64. The van der Waals surface area contributed by atoms with Gasteiger partial charge in [-0.15, -0.1) is 5.10 Å². The van der Waals surface area contributed by atoms with Gasteiger partial charge in [-0.25, -0.2) is 4.68 Å². The fourth-order valence-electron chi connectivity index (χ4n) is 1.94. The van der Waals surface area contributed by atoms with Crippen LogP contribution in [0.1, 0.15) is 24.2 Å². The maximum absolute atomic E-state index is 12.0. The van der Waals surface area contributed by atoms with E-state index in [9.17, 15) is 4.79 Å². The average molecular weight is 289 g/mol. The number of rotatable bonds is 6. The molecule has 0 fully saturated rings. The number of carbonyl (C=O) groups excluding carboxylic acids is 1. The minimum absolute atomic E-state index is 0.112. The predicted octanol–water partition coefficient (Wildman–Crippen LogP) is 0.623. The van der Waals surface area contributed by atoms with Crippen LogP contribution in [0.15, 0.2) is 30.5 Å². The fraction of sp³-hybridized carbons (Fsp3) is 0.357. The molecule has 0 saturated heterocycles. The van der Waals surface area contributed by atoms with Gasteiger partial charge < -0.3 is 15.8 Å². The summed E-state index contributed by atoms with van der Waals surface area (Å²) in [6.45, 7) is 2.34. The van der Waals surface area contributed by atoms with Crippen LogP contribution in [0.25, 0.3) is 0 Å². The summed E-state index contributed by atoms with van der Waals surface area (Å²) in [6.07, 6.45) is 1.66. The van der Waals surface area contributed by atoms with Crippen molar-refractivity contribution in [2.45, 2.75) is 26.1 Å². The Kier molecular flexibility index (Phi) is 4.89. The van der Waals surface area contributed by atoms with Crippen LogP contribution in [0, 0.1) is 0 Å². The van der Waals surface area contributed by atoms with Gasteiger partial charge in [-0.2, -0.15) is 0 Å². The third-order valence-electron chi connectivity index (χ3n) is 3.07. The quantitative estimate of drug-likeness (QED) is 0.813. The summed E-state index contributed by atoms with van der Waals surface area (Å²) < 4.78 is 6.64. The molecule has 0 radical (unpaired) electrons. The van der Waals surface area contributed by atoms with Crippen molar-refractivity contribution < 1.29 is 9.53 Å². The maximum Gasteiger partial charge on any atom is 0.242 e. The highest BCUT2D eigenvalue weighted by molar-refractivity contribution is 5.76. The molecule has 0 aliphatic heterocycles. The van der Waals surface area contributed by atoms with Crippen LogP contribution < -0.4 is 15.8 Å². The van der Waals surface area contributed by atoms with Crippen LogP contribution in [0.2, 0.25) is 0 Å². The Bertz CT molecular complexity index is 611. The molecular weight excluding hydrogens is 270 g/mol. The van der Waals surface area contributed by atoms with E-state index in [4.69, 9.17) is 10.5 Å². The van der Waals surface area contributed by atoms with Crippen LogP contribution in [-0.2, 0) is 17.9 Å². The molecular formula is C14H19N5O2. The van der Waals surface area contributed by atoms with Gasteiger partial charge in [-0.3, -0.25) is 4.79 Å². The van der Waals surface area contributed by atoms with Crippen molar-refractivity contribution in [3.63, 3.8) is 0 Å². The number of nitrogens with zero attached hydrogens (tertiary/aromatic N) is 3. The van der Waals surface area contributed by atoms with Crippen molar-refractivity contribution in [3.8, 4) is 5.75 Å². The third-order valence-corrected chi connectivity index (χ3v) is 3.07. The van der Waals surface area contributed by atoms with Gasteiger partial charge in [0.2, 0.25) is 5.91 Å². The summed E-state index contributed by atoms with van der Waals surface area (Å²) >= 11 is 0. The monoisotopic (exact) mass is 289 g/mol. The normalized spacial score (nSPS) is 12.0. The molecule has 21 heavy (non-hydrogen) atoms. The summed E-state index contributed by atoms with van der Waals surface area (Å²) in [7, 11) is 1.61. The van der Waals surface area contributed by atoms with E-state index in [0.29, 0.717) is 12.2 Å². The molecule has 1 aromatic heterocycles. The minimum atomic E-state index is -0.140. The molecule has 0 unspecified atom stereocenters. The number of carbonyl (C=O) groups is 1. The maximum atomic E-state index is 12.0. The molecule has 0 saturated carbocycles. The number of aromatic nitrogens is 3. The average Bonchev–Trinajstić information content (AvgIpc) is 2.94. The number of nitrogens with one attached hydrogen (secondary N) is 1. The van der Waals surface area contributed by atoms with E-state index in [1.807, 2.05) is 31.2 Å². The molecule has 7 heteroatoms. The first kappa shape index (κ1) is 15.0. The lowest BCUT2D eigenvalue weighted by molar-refractivity contribution is -0.122. The zero-order chi connectivity index (χ0) is 15.2. The first-order chi connectivity index (χ1) is 10.1. The summed E-state index contributed by atoms with van der Waals surface area (Å²) in [5, 5.41) is 10.6. The summed E-state index contributed by atoms with van der Waals surface area (Å²) in [5.41, 5.74) is 7.08. The van der Waals surface area contributed by atoms with Crippen molar-refractivity contribution in [3.05, 3.63) is 41.7 Å². The molecule has 0 spiro atoms. The summed E-state index contributed by atoms with van der Waals surface area (Å²) in [6, 6.07) is 7.47. The van der Waals surface area contributed by atoms with Crippen LogP contribution in [0.5, 0.6) is 5.75 Å². The van der Waals surface area contributed by atoms with Gasteiger partial charge in [0.25, 0.3) is 0 Å². The van der Waals surface area contributed by atoms with E-state index in [-0.39, 0.29) is 18.5 Å². The van der Waals surface area contributed by atoms with Crippen LogP contribution in [-0.4, -0.2) is 28.0 Å². The first-order valence-corrected chi connectivity index (χ1v) is 6.64. The van der Waals surface area contributed by atoms with Gasteiger partial charge in [-0.05, 0) is 24.6 Å². The highest BCUT2D eigenvalue weighted by Crippen LogP contribution is 2.18. The molecule has 2 rings (SSSR count). The number of methoxy groups -OCH3 is 1. The summed E-state index contributed by atoms with van der Waals surface area (Å²) in [4.78, 5) is 12.0. The van der Waals surface area contributed by atoms with Crippen molar-refractivity contribution in [2.75, 3.05) is 7.11 Å². The fourth-order valence-corrected chi connectivity index (χ4v) is 1.94. The van der Waals surface area contributed by atoms with E-state index in [1.165, 1.54) is 4.68 Å². The Labute approximate surface area is 123 Å². The van der Waals surface area contributed by atoms with E-state index < -0.39 is 0 Å². The predicted molar refractivity (Wildman–Crippen MR) is 77.5 cm³/mol. The number of hydrogen-bond donors (Lipinski definition) is 2. The number of hydrogen-bond acceptors (Lipinski definition) is 5. The van der Waals surface area contributed by atoms with Crippen molar-refractivity contribution in [1.29, 1.82) is 0 Å². The van der Waals surface area contributed by atoms with E-state index in [0.717, 1.165) is 11.3 Å². The Morgan fingerprint density at radius 3 is 3.00 bits per heavy atom. The zero-order valence-corrected chi connectivity index (χ0v) is 12.1. The second-order valence-corrected chi connectivity index (χ2v) is 4.68. The topological polar surface area (TPSA) is 95.1 Å². The van der Waals surface area contributed by atoms with E-state index in [2.05, 4.69) is 15.6 Å². The number of nitrogens with two attached hydrogens (primary N) is 1. The molecule has 3 N–H and O–H groups in total. The van der Waals surface area contributed by atoms with Crippen molar-refractivity contribution >= 4 is 5.91 Å².